The number of hydrogen-bond donors (Lipinski definition) is 1. The van der Waals surface area contributed by atoms with Crippen molar-refractivity contribution in [2.45, 2.75) is 26.2 Å². The number of carbonyl (C=O) groups is 2. The summed E-state index contributed by atoms with van der Waals surface area (Å²) in [5, 5.41) is 9.33. The van der Waals surface area contributed by atoms with Crippen molar-refractivity contribution in [3.63, 3.8) is 0 Å². The van der Waals surface area contributed by atoms with Crippen LogP contribution in [-0.2, 0) is 11.2 Å². The molecule has 1 aliphatic carbocycles. The van der Waals surface area contributed by atoms with Crippen LogP contribution in [0.25, 0.3) is 0 Å². The predicted molar refractivity (Wildman–Crippen MR) is 71.3 cm³/mol. The van der Waals surface area contributed by atoms with Gasteiger partial charge in [-0.2, -0.15) is 0 Å². The lowest BCUT2D eigenvalue weighted by molar-refractivity contribution is -0.142. The van der Waals surface area contributed by atoms with Crippen LogP contribution in [0.15, 0.2) is 16.7 Å². The van der Waals surface area contributed by atoms with Crippen molar-refractivity contribution in [2.75, 3.05) is 13.1 Å². The van der Waals surface area contributed by atoms with Crippen LogP contribution in [0, 0.1) is 17.8 Å². The Balaban J connectivity index is 1.78. The highest BCUT2D eigenvalue weighted by atomic mass is 16.4. The van der Waals surface area contributed by atoms with E-state index in [4.69, 9.17) is 4.42 Å². The van der Waals surface area contributed by atoms with Crippen LogP contribution in [0.3, 0.4) is 0 Å². The van der Waals surface area contributed by atoms with Gasteiger partial charge in [0.25, 0.3) is 5.91 Å². The standard InChI is InChI=1S/C15H19NO4/c1-2-13-10(5-6-20-13)14(17)16-7-11(9-3-4-9)12(8-16)15(18)19/h5-6,9,11-12H,2-4,7-8H2,1H3,(H,18,19)/t11-,12+/m1/s1. The van der Waals surface area contributed by atoms with E-state index in [0.717, 1.165) is 12.8 Å². The Labute approximate surface area is 117 Å². The zero-order chi connectivity index (χ0) is 14.3. The summed E-state index contributed by atoms with van der Waals surface area (Å²) in [7, 11) is 0. The fourth-order valence-corrected chi connectivity index (χ4v) is 3.23. The van der Waals surface area contributed by atoms with Crippen LogP contribution < -0.4 is 0 Å². The van der Waals surface area contributed by atoms with Gasteiger partial charge in [-0.05, 0) is 30.7 Å². The molecule has 0 bridgehead atoms. The van der Waals surface area contributed by atoms with Gasteiger partial charge in [0.2, 0.25) is 0 Å². The summed E-state index contributed by atoms with van der Waals surface area (Å²) in [5.41, 5.74) is 0.577. The first-order valence-electron chi connectivity index (χ1n) is 7.20. The number of nitrogens with zero attached hydrogens (tertiary/aromatic N) is 1. The van der Waals surface area contributed by atoms with E-state index in [0.29, 0.717) is 36.8 Å². The molecule has 1 amide bonds. The lowest BCUT2D eigenvalue weighted by Gasteiger charge is -2.15. The third-order valence-electron chi connectivity index (χ3n) is 4.49. The van der Waals surface area contributed by atoms with E-state index in [1.807, 2.05) is 6.92 Å². The zero-order valence-electron chi connectivity index (χ0n) is 11.5. The number of hydrogen-bond acceptors (Lipinski definition) is 3. The fraction of sp³-hybridized carbons (Fsp3) is 0.600. The maximum atomic E-state index is 12.5. The highest BCUT2D eigenvalue weighted by molar-refractivity contribution is 5.95. The Morgan fingerprint density at radius 1 is 1.40 bits per heavy atom. The summed E-state index contributed by atoms with van der Waals surface area (Å²) in [5.74, 6) is 0.00241. The van der Waals surface area contributed by atoms with Crippen molar-refractivity contribution in [3.05, 3.63) is 23.7 Å². The summed E-state index contributed by atoms with van der Waals surface area (Å²) < 4.78 is 5.29. The number of likely N-dealkylation sites (tertiary alicyclic amines) is 1. The summed E-state index contributed by atoms with van der Waals surface area (Å²) in [6, 6.07) is 1.68. The van der Waals surface area contributed by atoms with E-state index >= 15 is 0 Å². The molecule has 0 unspecified atom stereocenters. The van der Waals surface area contributed by atoms with Gasteiger partial charge >= 0.3 is 5.97 Å². The van der Waals surface area contributed by atoms with Gasteiger partial charge in [-0.3, -0.25) is 9.59 Å². The summed E-state index contributed by atoms with van der Waals surface area (Å²) in [6.45, 7) is 2.82. The second kappa shape index (κ2) is 4.96. The number of carboxylic acid groups (broad SMARTS) is 1. The third kappa shape index (κ3) is 2.21. The molecule has 2 heterocycles. The molecular formula is C15H19NO4. The molecule has 1 aromatic heterocycles. The minimum absolute atomic E-state index is 0.0926. The third-order valence-corrected chi connectivity index (χ3v) is 4.49. The average Bonchev–Trinajstić information content (AvgIpc) is 3.02. The van der Waals surface area contributed by atoms with Crippen molar-refractivity contribution < 1.29 is 19.1 Å². The molecule has 1 aliphatic heterocycles. The molecule has 0 radical (unpaired) electrons. The molecule has 20 heavy (non-hydrogen) atoms. The molecule has 2 aliphatic rings. The fourth-order valence-electron chi connectivity index (χ4n) is 3.23. The lowest BCUT2D eigenvalue weighted by atomic mass is 9.92. The molecule has 1 N–H and O–H groups in total. The van der Waals surface area contributed by atoms with Crippen molar-refractivity contribution >= 4 is 11.9 Å². The molecule has 2 fully saturated rings. The van der Waals surface area contributed by atoms with E-state index in [9.17, 15) is 14.7 Å². The van der Waals surface area contributed by atoms with Gasteiger partial charge < -0.3 is 14.4 Å². The SMILES string of the molecule is CCc1occc1C(=O)N1C[C@H](C(=O)O)[C@@H](C2CC2)C1. The van der Waals surface area contributed by atoms with Gasteiger partial charge in [0.15, 0.2) is 0 Å². The Morgan fingerprint density at radius 3 is 2.75 bits per heavy atom. The molecule has 0 aromatic carbocycles. The van der Waals surface area contributed by atoms with Gasteiger partial charge in [-0.25, -0.2) is 0 Å². The Morgan fingerprint density at radius 2 is 2.15 bits per heavy atom. The highest BCUT2D eigenvalue weighted by Crippen LogP contribution is 2.44. The van der Waals surface area contributed by atoms with Gasteiger partial charge in [0, 0.05) is 19.5 Å². The molecule has 1 saturated carbocycles. The molecule has 3 rings (SSSR count). The second-order valence-corrected chi connectivity index (χ2v) is 5.77. The Bertz CT molecular complexity index is 532. The minimum atomic E-state index is -0.778. The molecule has 1 saturated heterocycles. The topological polar surface area (TPSA) is 70.8 Å². The number of rotatable bonds is 4. The van der Waals surface area contributed by atoms with Crippen LogP contribution in [0.5, 0.6) is 0 Å². The quantitative estimate of drug-likeness (QED) is 0.914. The molecular weight excluding hydrogens is 258 g/mol. The number of carbonyl (C=O) groups excluding carboxylic acids is 1. The summed E-state index contributed by atoms with van der Waals surface area (Å²) >= 11 is 0. The van der Waals surface area contributed by atoms with Crippen molar-refractivity contribution in [1.82, 2.24) is 4.90 Å². The number of aliphatic carboxylic acids is 1. The van der Waals surface area contributed by atoms with E-state index in [-0.39, 0.29) is 11.8 Å². The highest BCUT2D eigenvalue weighted by Gasteiger charge is 2.47. The van der Waals surface area contributed by atoms with Crippen LogP contribution in [-0.4, -0.2) is 35.0 Å². The van der Waals surface area contributed by atoms with Gasteiger partial charge in [0.1, 0.15) is 5.76 Å². The Hall–Kier alpha value is -1.78. The van der Waals surface area contributed by atoms with Crippen LogP contribution in [0.4, 0.5) is 0 Å². The molecule has 5 heteroatoms. The van der Waals surface area contributed by atoms with Crippen LogP contribution >= 0.6 is 0 Å². The lowest BCUT2D eigenvalue weighted by Crippen LogP contribution is -2.30. The molecule has 0 spiro atoms. The van der Waals surface area contributed by atoms with Crippen LogP contribution in [0.1, 0.15) is 35.9 Å². The minimum Gasteiger partial charge on any atom is -0.481 e. The zero-order valence-corrected chi connectivity index (χ0v) is 11.5. The summed E-state index contributed by atoms with van der Waals surface area (Å²) in [6.07, 6.45) is 4.39. The number of aryl methyl sites for hydroxylation is 1. The number of furan rings is 1. The van der Waals surface area contributed by atoms with Gasteiger partial charge in [-0.1, -0.05) is 6.92 Å². The second-order valence-electron chi connectivity index (χ2n) is 5.77. The van der Waals surface area contributed by atoms with E-state index in [1.54, 1.807) is 11.0 Å². The maximum Gasteiger partial charge on any atom is 0.308 e. The first-order chi connectivity index (χ1) is 9.61. The monoisotopic (exact) mass is 277 g/mol. The van der Waals surface area contributed by atoms with E-state index in [2.05, 4.69) is 0 Å². The first-order valence-corrected chi connectivity index (χ1v) is 7.20. The Kier molecular flexibility index (Phi) is 3.28. The molecule has 1 aromatic rings. The smallest absolute Gasteiger partial charge is 0.308 e. The predicted octanol–water partition coefficient (Wildman–Crippen LogP) is 2.02. The molecule has 2 atom stereocenters. The normalized spacial score (nSPS) is 25.9. The number of carboxylic acids is 1. The van der Waals surface area contributed by atoms with E-state index < -0.39 is 11.9 Å². The maximum absolute atomic E-state index is 12.5. The van der Waals surface area contributed by atoms with Crippen molar-refractivity contribution in [3.8, 4) is 0 Å². The first kappa shape index (κ1) is 13.2. The number of amides is 1. The molecule has 5 nitrogen and oxygen atoms in total. The molecule has 108 valence electrons. The van der Waals surface area contributed by atoms with Crippen molar-refractivity contribution in [2.24, 2.45) is 17.8 Å². The summed E-state index contributed by atoms with van der Waals surface area (Å²) in [4.78, 5) is 25.6. The van der Waals surface area contributed by atoms with Crippen LogP contribution in [0.2, 0.25) is 0 Å². The van der Waals surface area contributed by atoms with Crippen molar-refractivity contribution in [1.29, 1.82) is 0 Å². The van der Waals surface area contributed by atoms with Gasteiger partial charge in [-0.15, -0.1) is 0 Å². The largest absolute Gasteiger partial charge is 0.481 e. The van der Waals surface area contributed by atoms with Gasteiger partial charge in [0.05, 0.1) is 17.7 Å². The average molecular weight is 277 g/mol. The van der Waals surface area contributed by atoms with E-state index in [1.165, 1.54) is 6.26 Å².